The minimum absolute atomic E-state index is 0.154. The van der Waals surface area contributed by atoms with Gasteiger partial charge in [0.1, 0.15) is 0 Å². The number of hydrogen-bond acceptors (Lipinski definition) is 2. The molecule has 0 aromatic rings. The van der Waals surface area contributed by atoms with Crippen LogP contribution in [0.4, 0.5) is 0 Å². The fraction of sp³-hybridized carbons (Fsp3) is 1.00. The van der Waals surface area contributed by atoms with Crippen LogP contribution < -0.4 is 0 Å². The third kappa shape index (κ3) is 1.14. The number of halogens is 1. The van der Waals surface area contributed by atoms with Gasteiger partial charge in [0.2, 0.25) is 0 Å². The maximum Gasteiger partial charge on any atom is 0.0919 e. The van der Waals surface area contributed by atoms with Crippen molar-refractivity contribution in [3.63, 3.8) is 0 Å². The summed E-state index contributed by atoms with van der Waals surface area (Å²) < 4.78 is 7.41. The summed E-state index contributed by atoms with van der Waals surface area (Å²) in [6.45, 7) is 4.25. The van der Waals surface area contributed by atoms with Crippen molar-refractivity contribution in [3.05, 3.63) is 0 Å². The third-order valence-electron chi connectivity index (χ3n) is 1.50. The van der Waals surface area contributed by atoms with Crippen molar-refractivity contribution in [2.75, 3.05) is 20.2 Å². The Balaban J connectivity index is 2.30. The molecule has 0 atom stereocenters. The SMILES string of the molecule is COC1(C)CN(I)C1. The highest BCUT2D eigenvalue weighted by molar-refractivity contribution is 14.1. The molecule has 3 heteroatoms. The quantitative estimate of drug-likeness (QED) is 0.490. The first kappa shape index (κ1) is 6.77. The van der Waals surface area contributed by atoms with Crippen molar-refractivity contribution in [2.24, 2.45) is 0 Å². The van der Waals surface area contributed by atoms with Gasteiger partial charge in [0.15, 0.2) is 0 Å². The second kappa shape index (κ2) is 2.11. The van der Waals surface area contributed by atoms with Gasteiger partial charge in [0, 0.05) is 43.1 Å². The maximum absolute atomic E-state index is 5.20. The van der Waals surface area contributed by atoms with Gasteiger partial charge >= 0.3 is 0 Å². The lowest BCUT2D eigenvalue weighted by Gasteiger charge is -2.43. The topological polar surface area (TPSA) is 12.5 Å². The summed E-state index contributed by atoms with van der Waals surface area (Å²) in [5.74, 6) is 0. The number of methoxy groups -OCH3 is 1. The summed E-state index contributed by atoms with van der Waals surface area (Å²) >= 11 is 2.30. The molecule has 0 spiro atoms. The Morgan fingerprint density at radius 3 is 2.25 bits per heavy atom. The van der Waals surface area contributed by atoms with Crippen molar-refractivity contribution in [3.8, 4) is 0 Å². The van der Waals surface area contributed by atoms with Crippen LogP contribution in [0.25, 0.3) is 0 Å². The van der Waals surface area contributed by atoms with Gasteiger partial charge < -0.3 is 4.74 Å². The van der Waals surface area contributed by atoms with E-state index < -0.39 is 0 Å². The van der Waals surface area contributed by atoms with E-state index >= 15 is 0 Å². The lowest BCUT2D eigenvalue weighted by molar-refractivity contribution is -0.0661. The van der Waals surface area contributed by atoms with Crippen LogP contribution in [0.1, 0.15) is 6.92 Å². The molecule has 0 amide bonds. The molecule has 48 valence electrons. The molecule has 1 saturated heterocycles. The number of nitrogens with zero attached hydrogens (tertiary/aromatic N) is 1. The predicted octanol–water partition coefficient (Wildman–Crippen LogP) is 1.06. The highest BCUT2D eigenvalue weighted by atomic mass is 127. The van der Waals surface area contributed by atoms with Crippen LogP contribution in [0.3, 0.4) is 0 Å². The molecular weight excluding hydrogens is 217 g/mol. The Morgan fingerprint density at radius 1 is 1.62 bits per heavy atom. The van der Waals surface area contributed by atoms with Crippen LogP contribution in [0.15, 0.2) is 0 Å². The van der Waals surface area contributed by atoms with Gasteiger partial charge in [-0.1, -0.05) is 0 Å². The minimum atomic E-state index is 0.154. The van der Waals surface area contributed by atoms with E-state index in [-0.39, 0.29) is 5.60 Å². The normalized spacial score (nSPS) is 27.4. The van der Waals surface area contributed by atoms with E-state index in [9.17, 15) is 0 Å². The van der Waals surface area contributed by atoms with Gasteiger partial charge in [-0.25, -0.2) is 3.11 Å². The Hall–Kier alpha value is 0.650. The molecule has 0 saturated carbocycles. The fourth-order valence-corrected chi connectivity index (χ4v) is 2.25. The molecule has 0 unspecified atom stereocenters. The molecule has 2 nitrogen and oxygen atoms in total. The van der Waals surface area contributed by atoms with Crippen molar-refractivity contribution in [1.82, 2.24) is 3.11 Å². The van der Waals surface area contributed by atoms with E-state index in [0.29, 0.717) is 0 Å². The standard InChI is InChI=1S/C5H10INO/c1-5(8-2)3-7(6)4-5/h3-4H2,1-2H3. The molecule has 0 aromatic carbocycles. The first-order chi connectivity index (χ1) is 3.66. The van der Waals surface area contributed by atoms with Gasteiger partial charge in [-0.05, 0) is 6.92 Å². The van der Waals surface area contributed by atoms with Crippen molar-refractivity contribution in [2.45, 2.75) is 12.5 Å². The van der Waals surface area contributed by atoms with Gasteiger partial charge in [0.05, 0.1) is 5.60 Å². The Morgan fingerprint density at radius 2 is 2.12 bits per heavy atom. The lowest BCUT2D eigenvalue weighted by atomic mass is 10.0. The Bertz CT molecular complexity index is 90.4. The molecule has 1 aliphatic heterocycles. The zero-order valence-electron chi connectivity index (χ0n) is 5.15. The largest absolute Gasteiger partial charge is 0.376 e. The molecule has 0 N–H and O–H groups in total. The molecule has 0 aliphatic carbocycles. The smallest absolute Gasteiger partial charge is 0.0919 e. The minimum Gasteiger partial charge on any atom is -0.376 e. The summed E-state index contributed by atoms with van der Waals surface area (Å²) in [5.41, 5.74) is 0.154. The molecule has 1 rings (SSSR count). The van der Waals surface area contributed by atoms with E-state index in [1.807, 2.05) is 0 Å². The zero-order chi connectivity index (χ0) is 6.20. The summed E-state index contributed by atoms with van der Waals surface area (Å²) in [7, 11) is 1.77. The van der Waals surface area contributed by atoms with Crippen LogP contribution in [-0.4, -0.2) is 28.9 Å². The van der Waals surface area contributed by atoms with Crippen LogP contribution in [0.5, 0.6) is 0 Å². The highest BCUT2D eigenvalue weighted by Crippen LogP contribution is 2.26. The van der Waals surface area contributed by atoms with E-state index in [2.05, 4.69) is 32.9 Å². The predicted molar refractivity (Wildman–Crippen MR) is 41.0 cm³/mol. The second-order valence-corrected chi connectivity index (χ2v) is 3.80. The average Bonchev–Trinajstić information content (AvgIpc) is 1.63. The molecule has 8 heavy (non-hydrogen) atoms. The van der Waals surface area contributed by atoms with Crippen molar-refractivity contribution in [1.29, 1.82) is 0 Å². The number of hydrogen-bond donors (Lipinski definition) is 0. The molecular formula is C5H10INO. The van der Waals surface area contributed by atoms with Crippen LogP contribution in [0, 0.1) is 0 Å². The van der Waals surface area contributed by atoms with E-state index in [1.54, 1.807) is 7.11 Å². The number of rotatable bonds is 1. The second-order valence-electron chi connectivity index (χ2n) is 2.43. The summed E-state index contributed by atoms with van der Waals surface area (Å²) in [5, 5.41) is 0. The molecule has 0 aromatic heterocycles. The van der Waals surface area contributed by atoms with Gasteiger partial charge in [-0.2, -0.15) is 0 Å². The van der Waals surface area contributed by atoms with Gasteiger partial charge in [0.25, 0.3) is 0 Å². The first-order valence-corrected chi connectivity index (χ1v) is 3.59. The fourth-order valence-electron chi connectivity index (χ4n) is 0.809. The number of ether oxygens (including phenoxy) is 1. The monoisotopic (exact) mass is 227 g/mol. The van der Waals surface area contributed by atoms with Crippen molar-refractivity contribution < 1.29 is 4.74 Å². The van der Waals surface area contributed by atoms with E-state index in [1.165, 1.54) is 0 Å². The molecule has 1 fully saturated rings. The molecule has 1 aliphatic rings. The summed E-state index contributed by atoms with van der Waals surface area (Å²) in [4.78, 5) is 0. The van der Waals surface area contributed by atoms with Gasteiger partial charge in [-0.15, -0.1) is 0 Å². The van der Waals surface area contributed by atoms with Crippen molar-refractivity contribution >= 4 is 22.9 Å². The molecule has 1 heterocycles. The highest BCUT2D eigenvalue weighted by Gasteiger charge is 2.37. The van der Waals surface area contributed by atoms with E-state index in [0.717, 1.165) is 13.1 Å². The molecule has 0 bridgehead atoms. The zero-order valence-corrected chi connectivity index (χ0v) is 7.31. The maximum atomic E-state index is 5.20. The Labute approximate surface area is 63.7 Å². The summed E-state index contributed by atoms with van der Waals surface area (Å²) in [6.07, 6.45) is 0. The van der Waals surface area contributed by atoms with Crippen LogP contribution in [-0.2, 0) is 4.74 Å². The Kier molecular flexibility index (Phi) is 1.79. The average molecular weight is 227 g/mol. The molecule has 0 radical (unpaired) electrons. The first-order valence-electron chi connectivity index (χ1n) is 2.62. The van der Waals surface area contributed by atoms with Gasteiger partial charge in [-0.3, -0.25) is 0 Å². The van der Waals surface area contributed by atoms with Crippen LogP contribution >= 0.6 is 22.9 Å². The van der Waals surface area contributed by atoms with Crippen LogP contribution in [0.2, 0.25) is 0 Å². The lowest BCUT2D eigenvalue weighted by Crippen LogP contribution is -2.56. The van der Waals surface area contributed by atoms with E-state index in [4.69, 9.17) is 4.74 Å². The summed E-state index contributed by atoms with van der Waals surface area (Å²) in [6, 6.07) is 0. The third-order valence-corrected chi connectivity index (χ3v) is 2.19.